The maximum Gasteiger partial charge on any atom is 0.228 e. The molecule has 0 unspecified atom stereocenters. The lowest BCUT2D eigenvalue weighted by Crippen LogP contribution is -2.11. The fourth-order valence-electron chi connectivity index (χ4n) is 7.06. The summed E-state index contributed by atoms with van der Waals surface area (Å²) in [5.74, 6) is 1.30. The van der Waals surface area contributed by atoms with Gasteiger partial charge in [0.15, 0.2) is 5.58 Å². The van der Waals surface area contributed by atoms with Gasteiger partial charge in [-0.15, -0.1) is 0 Å². The number of hydrogen-bond donors (Lipinski definition) is 0. The smallest absolute Gasteiger partial charge is 0.228 e. The summed E-state index contributed by atoms with van der Waals surface area (Å²) in [5, 5.41) is 4.25. The Bertz CT molecular complexity index is 2860. The average Bonchev–Trinajstić information content (AvgIpc) is 3.80. The molecule has 0 radical (unpaired) electrons. The van der Waals surface area contributed by atoms with Crippen molar-refractivity contribution < 1.29 is 8.83 Å². The van der Waals surface area contributed by atoms with E-state index in [0.717, 1.165) is 78.0 Å². The molecule has 0 fully saturated rings. The van der Waals surface area contributed by atoms with Crippen LogP contribution < -0.4 is 4.90 Å². The molecule has 3 aromatic heterocycles. The lowest BCUT2D eigenvalue weighted by molar-refractivity contribution is 0.620. The van der Waals surface area contributed by atoms with Gasteiger partial charge in [0, 0.05) is 40.0 Å². The van der Waals surface area contributed by atoms with Crippen molar-refractivity contribution in [2.45, 2.75) is 0 Å². The minimum Gasteiger partial charge on any atom is -0.456 e. The summed E-state index contributed by atoms with van der Waals surface area (Å²) < 4.78 is 12.7. The topological polar surface area (TPSA) is 55.3 Å². The SMILES string of the molecule is c1ccc(-c2cccc(N(c3cccc(-c4ccc5ccccc5c4)c3)c3cc4oc5cccc(-c6nc7ccccc7o6)c5c4cn3)c2)cc1. The van der Waals surface area contributed by atoms with Crippen molar-refractivity contribution in [1.29, 1.82) is 0 Å². The van der Waals surface area contributed by atoms with Crippen LogP contribution in [0.25, 0.3) is 77.5 Å². The van der Waals surface area contributed by atoms with Crippen molar-refractivity contribution in [3.8, 4) is 33.7 Å². The minimum atomic E-state index is 0.554. The van der Waals surface area contributed by atoms with Gasteiger partial charge < -0.3 is 8.83 Å². The predicted molar refractivity (Wildman–Crippen MR) is 208 cm³/mol. The third-order valence-corrected chi connectivity index (χ3v) is 9.52. The molecule has 3 heterocycles. The zero-order valence-corrected chi connectivity index (χ0v) is 27.4. The van der Waals surface area contributed by atoms with Gasteiger partial charge in [-0.2, -0.15) is 0 Å². The van der Waals surface area contributed by atoms with Crippen molar-refractivity contribution in [1.82, 2.24) is 9.97 Å². The van der Waals surface area contributed by atoms with E-state index >= 15 is 0 Å². The first-order valence-corrected chi connectivity index (χ1v) is 17.0. The van der Waals surface area contributed by atoms with Gasteiger partial charge in [0.25, 0.3) is 0 Å². The largest absolute Gasteiger partial charge is 0.456 e. The summed E-state index contributed by atoms with van der Waals surface area (Å²) in [6.07, 6.45) is 1.91. The van der Waals surface area contributed by atoms with Crippen molar-refractivity contribution in [2.75, 3.05) is 4.90 Å². The normalized spacial score (nSPS) is 11.5. The lowest BCUT2D eigenvalue weighted by atomic mass is 10.0. The lowest BCUT2D eigenvalue weighted by Gasteiger charge is -2.25. The van der Waals surface area contributed by atoms with Gasteiger partial charge in [-0.05, 0) is 87.6 Å². The first-order valence-electron chi connectivity index (χ1n) is 17.0. The van der Waals surface area contributed by atoms with Crippen molar-refractivity contribution in [3.05, 3.63) is 176 Å². The van der Waals surface area contributed by atoms with E-state index in [1.165, 1.54) is 10.8 Å². The molecule has 0 saturated heterocycles. The second kappa shape index (κ2) is 11.9. The average molecular weight is 656 g/mol. The molecule has 240 valence electrons. The van der Waals surface area contributed by atoms with Crippen LogP contribution >= 0.6 is 0 Å². The maximum atomic E-state index is 6.54. The van der Waals surface area contributed by atoms with Gasteiger partial charge in [-0.25, -0.2) is 9.97 Å². The van der Waals surface area contributed by atoms with E-state index < -0.39 is 0 Å². The van der Waals surface area contributed by atoms with Crippen LogP contribution in [0.5, 0.6) is 0 Å². The minimum absolute atomic E-state index is 0.554. The highest BCUT2D eigenvalue weighted by atomic mass is 16.3. The van der Waals surface area contributed by atoms with Gasteiger partial charge in [0.2, 0.25) is 5.89 Å². The van der Waals surface area contributed by atoms with Crippen LogP contribution in [-0.4, -0.2) is 9.97 Å². The number of hydrogen-bond acceptors (Lipinski definition) is 5. The number of nitrogens with zero attached hydrogens (tertiary/aromatic N) is 3. The molecule has 0 aliphatic heterocycles. The Balaban J connectivity index is 1.14. The summed E-state index contributed by atoms with van der Waals surface area (Å²) >= 11 is 0. The maximum absolute atomic E-state index is 6.54. The van der Waals surface area contributed by atoms with E-state index in [-0.39, 0.29) is 0 Å². The van der Waals surface area contributed by atoms with E-state index in [2.05, 4.69) is 120 Å². The summed E-state index contributed by atoms with van der Waals surface area (Å²) in [7, 11) is 0. The molecule has 0 bridgehead atoms. The standard InChI is InChI=1S/C46H29N3O2/c1-2-11-30(12-3-1)33-15-8-17-36(26-33)49(37-18-9-16-34(27-37)35-24-23-31-13-4-5-14-32(31)25-35)44-28-43-39(29-47-44)45-38(19-10-22-42(45)50-43)46-48-40-20-6-7-21-41(40)51-46/h1-29H. The number of benzene rings is 7. The molecule has 0 atom stereocenters. The molecule has 0 aliphatic rings. The van der Waals surface area contributed by atoms with Crippen LogP contribution in [0.3, 0.4) is 0 Å². The molecule has 7 aromatic carbocycles. The first-order chi connectivity index (χ1) is 25.2. The number of fused-ring (bicyclic) bond motifs is 5. The van der Waals surface area contributed by atoms with Gasteiger partial charge in [0.1, 0.15) is 22.5 Å². The predicted octanol–water partition coefficient (Wildman–Crippen LogP) is 12.7. The van der Waals surface area contributed by atoms with E-state index in [9.17, 15) is 0 Å². The molecule has 0 N–H and O–H groups in total. The first kappa shape index (κ1) is 29.0. The highest BCUT2D eigenvalue weighted by Gasteiger charge is 2.21. The van der Waals surface area contributed by atoms with Crippen molar-refractivity contribution in [2.24, 2.45) is 0 Å². The van der Waals surface area contributed by atoms with E-state index in [1.54, 1.807) is 0 Å². The number of pyridine rings is 1. The Morgan fingerprint density at radius 2 is 1.12 bits per heavy atom. The Morgan fingerprint density at radius 1 is 0.451 bits per heavy atom. The Kier molecular flexibility index (Phi) is 6.74. The van der Waals surface area contributed by atoms with Crippen molar-refractivity contribution in [3.63, 3.8) is 0 Å². The number of para-hydroxylation sites is 2. The summed E-state index contributed by atoms with van der Waals surface area (Å²) in [5.41, 5.74) is 10.4. The van der Waals surface area contributed by atoms with E-state index in [1.807, 2.05) is 60.8 Å². The monoisotopic (exact) mass is 655 g/mol. The molecule has 0 spiro atoms. The molecule has 10 aromatic rings. The van der Waals surface area contributed by atoms with Gasteiger partial charge in [-0.1, -0.05) is 109 Å². The Morgan fingerprint density at radius 3 is 1.94 bits per heavy atom. The third kappa shape index (κ3) is 5.11. The third-order valence-electron chi connectivity index (χ3n) is 9.52. The van der Waals surface area contributed by atoms with Crippen LogP contribution in [-0.2, 0) is 0 Å². The second-order valence-electron chi connectivity index (χ2n) is 12.7. The zero-order valence-electron chi connectivity index (χ0n) is 27.4. The summed E-state index contributed by atoms with van der Waals surface area (Å²) in [4.78, 5) is 12.1. The fraction of sp³-hybridized carbons (Fsp3) is 0. The number of anilines is 3. The van der Waals surface area contributed by atoms with E-state index in [4.69, 9.17) is 18.8 Å². The Labute approximate surface area is 293 Å². The quantitative estimate of drug-likeness (QED) is 0.178. The fourth-order valence-corrected chi connectivity index (χ4v) is 7.06. The molecule has 0 amide bonds. The van der Waals surface area contributed by atoms with E-state index in [0.29, 0.717) is 5.89 Å². The molecule has 5 heteroatoms. The highest BCUT2D eigenvalue weighted by Crippen LogP contribution is 2.42. The molecular formula is C46H29N3O2. The summed E-state index contributed by atoms with van der Waals surface area (Å²) in [6, 6.07) is 58.6. The molecule has 51 heavy (non-hydrogen) atoms. The number of furan rings is 1. The zero-order chi connectivity index (χ0) is 33.7. The molecule has 0 saturated carbocycles. The van der Waals surface area contributed by atoms with Crippen LogP contribution in [0.4, 0.5) is 17.2 Å². The summed E-state index contributed by atoms with van der Waals surface area (Å²) in [6.45, 7) is 0. The number of aromatic nitrogens is 2. The van der Waals surface area contributed by atoms with Crippen LogP contribution in [0, 0.1) is 0 Å². The second-order valence-corrected chi connectivity index (χ2v) is 12.7. The molecule has 10 rings (SSSR count). The molecule has 0 aliphatic carbocycles. The molecular weight excluding hydrogens is 627 g/mol. The van der Waals surface area contributed by atoms with Gasteiger partial charge >= 0.3 is 0 Å². The van der Waals surface area contributed by atoms with Crippen LogP contribution in [0.15, 0.2) is 185 Å². The number of oxazole rings is 1. The van der Waals surface area contributed by atoms with Gasteiger partial charge in [0.05, 0.1) is 0 Å². The molecule has 5 nitrogen and oxygen atoms in total. The number of rotatable bonds is 6. The van der Waals surface area contributed by atoms with Crippen LogP contribution in [0.1, 0.15) is 0 Å². The van der Waals surface area contributed by atoms with Gasteiger partial charge in [-0.3, -0.25) is 4.90 Å². The Hall–Kier alpha value is -6.98. The van der Waals surface area contributed by atoms with Crippen molar-refractivity contribution >= 4 is 61.0 Å². The van der Waals surface area contributed by atoms with Crippen LogP contribution in [0.2, 0.25) is 0 Å². The highest BCUT2D eigenvalue weighted by molar-refractivity contribution is 6.12.